The van der Waals surface area contributed by atoms with Crippen LogP contribution in [0.2, 0.25) is 0 Å². The summed E-state index contributed by atoms with van der Waals surface area (Å²) in [5.74, 6) is 0. The summed E-state index contributed by atoms with van der Waals surface area (Å²) in [5, 5.41) is 0. The summed E-state index contributed by atoms with van der Waals surface area (Å²) in [6, 6.07) is 13.0. The van der Waals surface area contributed by atoms with Gasteiger partial charge in [0.2, 0.25) is 0 Å². The van der Waals surface area contributed by atoms with Crippen molar-refractivity contribution in [2.24, 2.45) is 0 Å². The number of rotatable bonds is 0. The number of hydrogen-bond acceptors (Lipinski definition) is 0. The number of benzene rings is 1. The zero-order valence-corrected chi connectivity index (χ0v) is 11.0. The summed E-state index contributed by atoms with van der Waals surface area (Å²) in [5.41, 5.74) is 0. The molecule has 12 heavy (non-hydrogen) atoms. The Kier molecular flexibility index (Phi) is 57.1. The summed E-state index contributed by atoms with van der Waals surface area (Å²) in [6.07, 6.45) is 0. The molecule has 0 aliphatic rings. The Morgan fingerprint density at radius 2 is 1.17 bits per heavy atom. The SMILES string of the molecule is [Al+2][Cl].[Al+2][Cl].[CH3-].[CH3-].[c-]1c[c-]ccc1. The Morgan fingerprint density at radius 3 is 1.25 bits per heavy atom. The largest absolute Gasteiger partial charge is 0.359 e. The summed E-state index contributed by atoms with van der Waals surface area (Å²) < 4.78 is 0. The van der Waals surface area contributed by atoms with Crippen LogP contribution in [0.5, 0.6) is 0 Å². The topological polar surface area (TPSA) is 0 Å². The van der Waals surface area contributed by atoms with Gasteiger partial charge >= 0.3 is 50.8 Å². The van der Waals surface area contributed by atoms with Crippen molar-refractivity contribution in [3.63, 3.8) is 0 Å². The fourth-order valence-corrected chi connectivity index (χ4v) is 0.304. The molecule has 62 valence electrons. The molecule has 0 atom stereocenters. The smallest absolute Gasteiger partial charge is 0.288 e. The molecule has 0 aliphatic heterocycles. The fraction of sp³-hybridized carbons (Fsp3) is 0. The van der Waals surface area contributed by atoms with Crippen molar-refractivity contribution >= 4 is 50.8 Å². The fourth-order valence-electron chi connectivity index (χ4n) is 0.304. The summed E-state index contributed by atoms with van der Waals surface area (Å²) in [6.45, 7) is 0. The van der Waals surface area contributed by atoms with Gasteiger partial charge in [0.1, 0.15) is 0 Å². The molecule has 1 aromatic carbocycles. The Morgan fingerprint density at radius 1 is 0.833 bits per heavy atom. The maximum Gasteiger partial charge on any atom is -0.288 e. The molecule has 0 saturated heterocycles. The second kappa shape index (κ2) is 29.7. The van der Waals surface area contributed by atoms with Crippen LogP contribution in [-0.4, -0.2) is 30.7 Å². The van der Waals surface area contributed by atoms with Crippen LogP contribution in [0, 0.1) is 27.0 Å². The molecule has 0 radical (unpaired) electrons. The molecule has 0 aliphatic carbocycles. The van der Waals surface area contributed by atoms with E-state index >= 15 is 0 Å². The molecule has 0 fully saturated rings. The van der Waals surface area contributed by atoms with Crippen LogP contribution in [0.1, 0.15) is 0 Å². The van der Waals surface area contributed by atoms with Crippen molar-refractivity contribution in [1.29, 1.82) is 0 Å². The average Bonchev–Trinajstić information content (AvgIpc) is 2.14. The first-order valence-corrected chi connectivity index (χ1v) is 5.75. The zero-order valence-electron chi connectivity index (χ0n) is 7.22. The van der Waals surface area contributed by atoms with Gasteiger partial charge in [0.25, 0.3) is 0 Å². The Balaban J connectivity index is -0.0000000480. The van der Waals surface area contributed by atoms with Crippen LogP contribution in [-0.2, 0) is 0 Å². The molecular weight excluding hydrogens is 221 g/mol. The molecule has 4 heteroatoms. The second-order valence-corrected chi connectivity index (χ2v) is 1.00. The molecule has 1 aromatic rings. The van der Waals surface area contributed by atoms with E-state index in [2.05, 4.69) is 32.2 Å². The van der Waals surface area contributed by atoms with E-state index in [0.29, 0.717) is 0 Å². The van der Waals surface area contributed by atoms with Crippen molar-refractivity contribution in [3.05, 3.63) is 51.3 Å². The predicted octanol–water partition coefficient (Wildman–Crippen LogP) is 2.80. The number of hydrogen-bond donors (Lipinski definition) is 0. The zero-order chi connectivity index (χ0) is 8.24. The minimum absolute atomic E-state index is 0. The Bertz CT molecular complexity index is 87.0. The third-order valence-electron chi connectivity index (χ3n) is 0.552. The van der Waals surface area contributed by atoms with E-state index in [4.69, 9.17) is 0 Å². The first-order valence-electron chi connectivity index (χ1n) is 2.26. The molecule has 0 heterocycles. The van der Waals surface area contributed by atoms with Gasteiger partial charge in [-0.3, -0.25) is 18.2 Å². The normalized spacial score (nSPS) is 5.17. The predicted molar refractivity (Wildman–Crippen MR) is 60.2 cm³/mol. The van der Waals surface area contributed by atoms with E-state index in [0.717, 1.165) is 0 Å². The second-order valence-electron chi connectivity index (χ2n) is 1.00. The van der Waals surface area contributed by atoms with Gasteiger partial charge in [-0.05, 0) is 0 Å². The standard InChI is InChI=1S/C6H4.2CH3.2Al.2ClH/c1-2-4-6-5-3-1;;;;;;/h1-3,6H;2*1H3;;;2*1H/q-2;2*-1;2*+3;;/p-2. The van der Waals surface area contributed by atoms with Gasteiger partial charge in [-0.15, -0.1) is 0 Å². The van der Waals surface area contributed by atoms with Crippen LogP contribution in [0.3, 0.4) is 0 Å². The summed E-state index contributed by atoms with van der Waals surface area (Å²) >= 11 is 3.78. The molecule has 0 unspecified atom stereocenters. The van der Waals surface area contributed by atoms with Crippen molar-refractivity contribution in [2.75, 3.05) is 0 Å². The maximum atomic E-state index is 4.56. The van der Waals surface area contributed by atoms with Crippen LogP contribution in [0.25, 0.3) is 0 Å². The molecule has 0 saturated carbocycles. The van der Waals surface area contributed by atoms with Crippen molar-refractivity contribution < 1.29 is 0 Å². The van der Waals surface area contributed by atoms with Gasteiger partial charge in [0, 0.05) is 0 Å². The van der Waals surface area contributed by atoms with Gasteiger partial charge < -0.3 is 33.1 Å². The van der Waals surface area contributed by atoms with E-state index in [1.165, 1.54) is 0 Å². The van der Waals surface area contributed by atoms with Gasteiger partial charge in [-0.1, -0.05) is 0 Å². The van der Waals surface area contributed by atoms with Crippen LogP contribution < -0.4 is 0 Å². The number of halogens is 2. The van der Waals surface area contributed by atoms with Gasteiger partial charge in [-0.2, -0.15) is 0 Å². The maximum absolute atomic E-state index is 4.56. The minimum Gasteiger partial charge on any atom is -0.359 e. The van der Waals surface area contributed by atoms with Crippen LogP contribution in [0.15, 0.2) is 24.3 Å². The molecule has 1 rings (SSSR count). The first-order chi connectivity index (χ1) is 5.00. The Labute approximate surface area is 102 Å². The molecule has 0 spiro atoms. The molecule has 0 amide bonds. The van der Waals surface area contributed by atoms with Gasteiger partial charge in [0.15, 0.2) is 0 Å². The molecule has 0 nitrogen and oxygen atoms in total. The van der Waals surface area contributed by atoms with E-state index in [1.54, 1.807) is 6.07 Å². The summed E-state index contributed by atoms with van der Waals surface area (Å²) in [4.78, 5) is 0. The van der Waals surface area contributed by atoms with Gasteiger partial charge in [0.05, 0.1) is 0 Å². The summed E-state index contributed by atoms with van der Waals surface area (Å²) in [7, 11) is 9.11. The molecular formula is C8H10Al2Cl2. The van der Waals surface area contributed by atoms with Crippen molar-refractivity contribution in [1.82, 2.24) is 0 Å². The van der Waals surface area contributed by atoms with E-state index in [-0.39, 0.29) is 14.9 Å². The average molecular weight is 231 g/mol. The van der Waals surface area contributed by atoms with Crippen molar-refractivity contribution in [2.45, 2.75) is 0 Å². The quantitative estimate of drug-likeness (QED) is 0.475. The first kappa shape index (κ1) is 23.0. The van der Waals surface area contributed by atoms with E-state index in [9.17, 15) is 0 Å². The third-order valence-corrected chi connectivity index (χ3v) is 0.552. The molecule has 0 bridgehead atoms. The minimum atomic E-state index is 0. The van der Waals surface area contributed by atoms with Gasteiger partial charge in [-0.25, -0.2) is 0 Å². The monoisotopic (exact) mass is 230 g/mol. The molecule has 0 N–H and O–H groups in total. The third kappa shape index (κ3) is 22.4. The van der Waals surface area contributed by atoms with Crippen LogP contribution >= 0.6 is 20.1 Å². The van der Waals surface area contributed by atoms with E-state index in [1.807, 2.05) is 48.9 Å². The van der Waals surface area contributed by atoms with Crippen molar-refractivity contribution in [3.8, 4) is 0 Å². The Hall–Kier alpha value is 0.865. The van der Waals surface area contributed by atoms with E-state index < -0.39 is 0 Å². The molecule has 0 aromatic heterocycles. The van der Waals surface area contributed by atoms with Crippen LogP contribution in [0.4, 0.5) is 0 Å².